The summed E-state index contributed by atoms with van der Waals surface area (Å²) in [4.78, 5) is 32.3. The van der Waals surface area contributed by atoms with Gasteiger partial charge in [0.05, 0.1) is 37.8 Å². The Kier molecular flexibility index (Phi) is 7.65. The number of aliphatic hydroxyl groups excluding tert-OH is 1. The molecule has 6 aromatic rings. The number of rotatable bonds is 9. The van der Waals surface area contributed by atoms with E-state index in [1.807, 2.05) is 78.9 Å². The lowest BCUT2D eigenvalue weighted by Crippen LogP contribution is -2.38. The van der Waals surface area contributed by atoms with Crippen LogP contribution in [0, 0.1) is 0 Å². The Morgan fingerprint density at radius 1 is 0.891 bits per heavy atom. The first-order chi connectivity index (χ1) is 22.4. The van der Waals surface area contributed by atoms with Crippen molar-refractivity contribution in [2.24, 2.45) is 0 Å². The number of methoxy groups -OCH3 is 2. The third-order valence-electron chi connectivity index (χ3n) is 8.57. The molecule has 1 aliphatic rings. The van der Waals surface area contributed by atoms with Crippen LogP contribution in [0.3, 0.4) is 0 Å². The Morgan fingerprint density at radius 3 is 2.15 bits per heavy atom. The highest BCUT2D eigenvalue weighted by molar-refractivity contribution is 5.90. The van der Waals surface area contributed by atoms with Crippen molar-refractivity contribution in [2.45, 2.75) is 30.5 Å². The Balaban J connectivity index is 1.25. The summed E-state index contributed by atoms with van der Waals surface area (Å²) in [5.41, 5.74) is 1.24. The van der Waals surface area contributed by atoms with Crippen LogP contribution < -0.4 is 20.9 Å². The summed E-state index contributed by atoms with van der Waals surface area (Å²) in [5, 5.41) is 11.8. The second-order valence-corrected chi connectivity index (χ2v) is 11.1. The van der Waals surface area contributed by atoms with Crippen molar-refractivity contribution in [3.8, 4) is 11.5 Å². The number of ether oxygens (including phenoxy) is 4. The van der Waals surface area contributed by atoms with Gasteiger partial charge in [0.1, 0.15) is 29.4 Å². The molecule has 0 radical (unpaired) electrons. The molecule has 0 bridgehead atoms. The van der Waals surface area contributed by atoms with Gasteiger partial charge in [-0.1, -0.05) is 54.6 Å². The van der Waals surface area contributed by atoms with Crippen LogP contribution in [0.4, 0.5) is 0 Å². The Morgan fingerprint density at radius 2 is 1.52 bits per heavy atom. The van der Waals surface area contributed by atoms with Gasteiger partial charge < -0.3 is 24.1 Å². The lowest BCUT2D eigenvalue weighted by atomic mass is 9.80. The monoisotopic (exact) mass is 620 g/mol. The van der Waals surface area contributed by atoms with Crippen LogP contribution in [0.25, 0.3) is 16.6 Å². The number of nitrogens with one attached hydrogen (secondary N) is 1. The number of aromatic amines is 1. The van der Waals surface area contributed by atoms with Gasteiger partial charge in [0.25, 0.3) is 0 Å². The molecule has 3 aromatic carbocycles. The Bertz CT molecular complexity index is 2060. The van der Waals surface area contributed by atoms with Crippen molar-refractivity contribution in [3.05, 3.63) is 141 Å². The predicted molar refractivity (Wildman–Crippen MR) is 170 cm³/mol. The normalized spacial score (nSPS) is 18.3. The maximum Gasteiger partial charge on any atom is 0.351 e. The van der Waals surface area contributed by atoms with E-state index in [9.17, 15) is 14.7 Å². The molecule has 0 aliphatic carbocycles. The summed E-state index contributed by atoms with van der Waals surface area (Å²) in [6, 6.07) is 28.7. The molecule has 7 rings (SSSR count). The molecule has 1 saturated heterocycles. The maximum atomic E-state index is 13.1. The van der Waals surface area contributed by atoms with Crippen molar-refractivity contribution in [1.29, 1.82) is 0 Å². The summed E-state index contributed by atoms with van der Waals surface area (Å²) in [7, 11) is 3.23. The Labute approximate surface area is 263 Å². The molecule has 0 saturated carbocycles. The van der Waals surface area contributed by atoms with E-state index in [1.165, 1.54) is 8.97 Å². The smallest absolute Gasteiger partial charge is 0.351 e. The number of H-pyrrole nitrogens is 1. The zero-order chi connectivity index (χ0) is 31.8. The summed E-state index contributed by atoms with van der Waals surface area (Å²) < 4.78 is 26.9. The van der Waals surface area contributed by atoms with Crippen LogP contribution in [0.2, 0.25) is 0 Å². The molecule has 3 aromatic heterocycles. The number of fused-ring (bicyclic) bond motifs is 3. The third-order valence-corrected chi connectivity index (χ3v) is 8.57. The molecule has 0 unspecified atom stereocenters. The maximum absolute atomic E-state index is 13.1. The average molecular weight is 621 g/mol. The van der Waals surface area contributed by atoms with E-state index in [-0.39, 0.29) is 18.7 Å². The number of aromatic nitrogens is 4. The van der Waals surface area contributed by atoms with Crippen molar-refractivity contribution < 1.29 is 24.1 Å². The SMILES string of the molecule is COc1ccc(C(OC[C@H]2O[C@@H](n3cc4c(nc3=O)[nH]c(=O)n3cccc43)C[C@@H]2O)(c2ccccc2)c2ccc(OC)cc2)cc1. The number of benzene rings is 3. The van der Waals surface area contributed by atoms with Gasteiger partial charge in [0.15, 0.2) is 5.65 Å². The molecule has 11 nitrogen and oxygen atoms in total. The zero-order valence-corrected chi connectivity index (χ0v) is 25.2. The molecule has 11 heteroatoms. The van der Waals surface area contributed by atoms with Crippen LogP contribution in [0.5, 0.6) is 11.5 Å². The number of hydrogen-bond donors (Lipinski definition) is 2. The number of nitrogens with zero attached hydrogens (tertiary/aromatic N) is 3. The van der Waals surface area contributed by atoms with Gasteiger partial charge in [-0.15, -0.1) is 0 Å². The molecular formula is C35H32N4O7. The van der Waals surface area contributed by atoms with E-state index in [4.69, 9.17) is 18.9 Å². The van der Waals surface area contributed by atoms with Crippen LogP contribution in [0.1, 0.15) is 29.3 Å². The molecular weight excluding hydrogens is 588 g/mol. The van der Waals surface area contributed by atoms with Crippen molar-refractivity contribution in [2.75, 3.05) is 20.8 Å². The van der Waals surface area contributed by atoms with Crippen molar-refractivity contribution >= 4 is 16.6 Å². The first-order valence-electron chi connectivity index (χ1n) is 14.9. The second kappa shape index (κ2) is 11.9. The quantitative estimate of drug-likeness (QED) is 0.232. The summed E-state index contributed by atoms with van der Waals surface area (Å²) >= 11 is 0. The lowest BCUT2D eigenvalue weighted by Gasteiger charge is -2.37. The second-order valence-electron chi connectivity index (χ2n) is 11.1. The number of hydrogen-bond acceptors (Lipinski definition) is 8. The summed E-state index contributed by atoms with van der Waals surface area (Å²) in [6.07, 6.45) is 0.887. The largest absolute Gasteiger partial charge is 0.497 e. The minimum Gasteiger partial charge on any atom is -0.497 e. The van der Waals surface area contributed by atoms with Crippen LogP contribution in [-0.2, 0) is 15.1 Å². The molecule has 1 fully saturated rings. The fourth-order valence-corrected chi connectivity index (χ4v) is 6.21. The highest BCUT2D eigenvalue weighted by Crippen LogP contribution is 2.42. The zero-order valence-electron chi connectivity index (χ0n) is 25.2. The van der Waals surface area contributed by atoms with E-state index in [2.05, 4.69) is 9.97 Å². The van der Waals surface area contributed by atoms with Gasteiger partial charge in [-0.2, -0.15) is 4.98 Å². The van der Waals surface area contributed by atoms with Gasteiger partial charge in [0, 0.05) is 18.8 Å². The molecule has 3 atom stereocenters. The van der Waals surface area contributed by atoms with E-state index in [0.717, 1.165) is 16.7 Å². The van der Waals surface area contributed by atoms with Gasteiger partial charge in [-0.3, -0.25) is 14.0 Å². The fourth-order valence-electron chi connectivity index (χ4n) is 6.21. The van der Waals surface area contributed by atoms with Gasteiger partial charge >= 0.3 is 11.4 Å². The van der Waals surface area contributed by atoms with E-state index in [0.29, 0.717) is 22.4 Å². The fraction of sp³-hybridized carbons (Fsp3) is 0.229. The Hall–Kier alpha value is -5.23. The summed E-state index contributed by atoms with van der Waals surface area (Å²) in [6.45, 7) is -0.00333. The highest BCUT2D eigenvalue weighted by Gasteiger charge is 2.42. The first kappa shape index (κ1) is 29.5. The van der Waals surface area contributed by atoms with Gasteiger partial charge in [-0.05, 0) is 53.1 Å². The van der Waals surface area contributed by atoms with Crippen molar-refractivity contribution in [1.82, 2.24) is 18.9 Å². The average Bonchev–Trinajstić information content (AvgIpc) is 3.73. The minimum absolute atomic E-state index is 0.00333. The molecule has 2 N–H and O–H groups in total. The minimum atomic E-state index is -1.10. The van der Waals surface area contributed by atoms with Gasteiger partial charge in [0.2, 0.25) is 0 Å². The van der Waals surface area contributed by atoms with Gasteiger partial charge in [-0.25, -0.2) is 9.59 Å². The van der Waals surface area contributed by atoms with Crippen molar-refractivity contribution in [3.63, 3.8) is 0 Å². The molecule has 1 aliphatic heterocycles. The molecule has 46 heavy (non-hydrogen) atoms. The number of aliphatic hydroxyl groups is 1. The molecule has 0 spiro atoms. The topological polar surface area (TPSA) is 129 Å². The molecule has 4 heterocycles. The van der Waals surface area contributed by atoms with Crippen LogP contribution in [-0.4, -0.2) is 57.1 Å². The first-order valence-corrected chi connectivity index (χ1v) is 14.9. The van der Waals surface area contributed by atoms with E-state index in [1.54, 1.807) is 38.7 Å². The van der Waals surface area contributed by atoms with E-state index < -0.39 is 35.4 Å². The lowest BCUT2D eigenvalue weighted by molar-refractivity contribution is -0.0943. The third kappa shape index (κ3) is 5.04. The highest BCUT2D eigenvalue weighted by atomic mass is 16.6. The molecule has 0 amide bonds. The predicted octanol–water partition coefficient (Wildman–Crippen LogP) is 4.01. The molecule has 234 valence electrons. The van der Waals surface area contributed by atoms with Crippen LogP contribution in [0.15, 0.2) is 113 Å². The summed E-state index contributed by atoms with van der Waals surface area (Å²) in [5.74, 6) is 1.41. The van der Waals surface area contributed by atoms with E-state index >= 15 is 0 Å². The van der Waals surface area contributed by atoms with Crippen LogP contribution >= 0.6 is 0 Å². The standard InChI is InChI=1S/C35H32N4O7/c1-43-25-14-10-23(11-15-25)35(22-7-4-3-5-8-22,24-12-16-26(44-2)17-13-24)45-21-30-29(40)19-31(46-30)39-20-27-28-9-6-18-38(28)33(41)36-32(27)37-34(39)42/h3-18,20,29-31,40H,19,21H2,1-2H3,(H,36,37,41,42)/t29-,30+,31+/m0/s1.